The van der Waals surface area contributed by atoms with Gasteiger partial charge in [0.15, 0.2) is 0 Å². The largest absolute Gasteiger partial charge is 0.379 e. The van der Waals surface area contributed by atoms with Crippen LogP contribution in [0.5, 0.6) is 0 Å². The van der Waals surface area contributed by atoms with Crippen molar-refractivity contribution in [2.75, 3.05) is 39.4 Å². The summed E-state index contributed by atoms with van der Waals surface area (Å²) in [5.41, 5.74) is 1.03. The van der Waals surface area contributed by atoms with Crippen LogP contribution in [0.1, 0.15) is 5.56 Å². The summed E-state index contributed by atoms with van der Waals surface area (Å²) in [6, 6.07) is 8.36. The predicted molar refractivity (Wildman–Crippen MR) is 66.7 cm³/mol. The highest BCUT2D eigenvalue weighted by molar-refractivity contribution is 5.15. The van der Waals surface area contributed by atoms with Crippen LogP contribution < -0.4 is 0 Å². The molecule has 1 aromatic carbocycles. The van der Waals surface area contributed by atoms with Crippen LogP contribution in [-0.2, 0) is 11.3 Å². The highest BCUT2D eigenvalue weighted by Gasteiger charge is 2.32. The molecule has 0 unspecified atom stereocenters. The van der Waals surface area contributed by atoms with Gasteiger partial charge in [0.05, 0.1) is 13.2 Å². The molecule has 2 aliphatic rings. The Labute approximate surface area is 107 Å². The monoisotopic (exact) mass is 249 g/mol. The Morgan fingerprint density at radius 2 is 2.11 bits per heavy atom. The number of benzene rings is 1. The molecule has 4 heteroatoms. The second-order valence-electron chi connectivity index (χ2n) is 5.04. The minimum absolute atomic E-state index is 0.266. The molecule has 2 saturated heterocycles. The Kier molecular flexibility index (Phi) is 3.59. The second-order valence-corrected chi connectivity index (χ2v) is 5.04. The molecule has 0 aromatic heterocycles. The quantitative estimate of drug-likeness (QED) is 0.799. The molecule has 3 rings (SSSR count). The molecular formula is C14H18FN2O. The summed E-state index contributed by atoms with van der Waals surface area (Å²) in [5.74, 6) is -0.266. The minimum atomic E-state index is -0.266. The van der Waals surface area contributed by atoms with Gasteiger partial charge in [-0.25, -0.2) is 4.39 Å². The highest BCUT2D eigenvalue weighted by Crippen LogP contribution is 2.19. The van der Waals surface area contributed by atoms with Crippen LogP contribution in [0.2, 0.25) is 0 Å². The first-order valence-electron chi connectivity index (χ1n) is 6.51. The molecule has 0 aliphatic carbocycles. The Morgan fingerprint density at radius 3 is 2.83 bits per heavy atom. The molecule has 1 aromatic rings. The van der Waals surface area contributed by atoms with Crippen molar-refractivity contribution in [3.05, 3.63) is 35.6 Å². The van der Waals surface area contributed by atoms with Crippen molar-refractivity contribution in [2.45, 2.75) is 12.6 Å². The van der Waals surface area contributed by atoms with E-state index in [2.05, 4.69) is 15.9 Å². The van der Waals surface area contributed by atoms with Gasteiger partial charge in [-0.05, 0) is 11.6 Å². The van der Waals surface area contributed by atoms with Crippen molar-refractivity contribution in [2.24, 2.45) is 0 Å². The number of hydrogen-bond acceptors (Lipinski definition) is 3. The fourth-order valence-electron chi connectivity index (χ4n) is 2.68. The molecule has 97 valence electrons. The zero-order valence-electron chi connectivity index (χ0n) is 10.4. The molecule has 0 bridgehead atoms. The van der Waals surface area contributed by atoms with Crippen LogP contribution in [0.15, 0.2) is 18.2 Å². The van der Waals surface area contributed by atoms with E-state index >= 15 is 0 Å². The highest BCUT2D eigenvalue weighted by atomic mass is 19.1. The number of rotatable bonds is 3. The third-order valence-electron chi connectivity index (χ3n) is 3.74. The number of nitrogens with zero attached hydrogens (tertiary/aromatic N) is 2. The standard InChI is InChI=1S/C14H18FN2O/c15-13-3-1-2-12(8-13)9-16-10-14(11-16)17-4-6-18-7-5-17/h1-2,8,14H,4-7,9-11H2. The zero-order valence-corrected chi connectivity index (χ0v) is 10.4. The fourth-order valence-corrected chi connectivity index (χ4v) is 2.68. The third-order valence-corrected chi connectivity index (χ3v) is 3.74. The van der Waals surface area contributed by atoms with Crippen molar-refractivity contribution in [1.82, 2.24) is 9.80 Å². The average Bonchev–Trinajstić information content (AvgIpc) is 2.34. The first-order chi connectivity index (χ1) is 8.81. The van der Waals surface area contributed by atoms with Gasteiger partial charge in [0.25, 0.3) is 0 Å². The molecule has 0 N–H and O–H groups in total. The Balaban J connectivity index is 1.47. The van der Waals surface area contributed by atoms with Crippen molar-refractivity contribution < 1.29 is 9.13 Å². The van der Waals surface area contributed by atoms with Crippen LogP contribution in [0, 0.1) is 11.9 Å². The number of hydrogen-bond donors (Lipinski definition) is 0. The van der Waals surface area contributed by atoms with E-state index in [4.69, 9.17) is 4.74 Å². The lowest BCUT2D eigenvalue weighted by Crippen LogP contribution is -2.60. The zero-order chi connectivity index (χ0) is 12.4. The topological polar surface area (TPSA) is 15.7 Å². The van der Waals surface area contributed by atoms with Crippen molar-refractivity contribution in [3.8, 4) is 0 Å². The predicted octanol–water partition coefficient (Wildman–Crippen LogP) is 1.14. The maximum absolute atomic E-state index is 13.0. The maximum Gasteiger partial charge on any atom is 0.131 e. The number of halogens is 1. The number of likely N-dealkylation sites (tertiary alicyclic amines) is 1. The maximum atomic E-state index is 13.0. The molecule has 0 atom stereocenters. The summed E-state index contributed by atoms with van der Waals surface area (Å²) in [6.45, 7) is 6.82. The van der Waals surface area contributed by atoms with Gasteiger partial charge < -0.3 is 4.74 Å². The molecule has 1 radical (unpaired) electrons. The summed E-state index contributed by atoms with van der Waals surface area (Å²) < 4.78 is 18.4. The van der Waals surface area contributed by atoms with Gasteiger partial charge in [-0.2, -0.15) is 0 Å². The molecule has 18 heavy (non-hydrogen) atoms. The van der Waals surface area contributed by atoms with Crippen LogP contribution in [0.4, 0.5) is 4.39 Å². The molecule has 3 nitrogen and oxygen atoms in total. The lowest BCUT2D eigenvalue weighted by Gasteiger charge is -2.46. The van der Waals surface area contributed by atoms with E-state index in [1.54, 1.807) is 12.1 Å². The second kappa shape index (κ2) is 5.34. The van der Waals surface area contributed by atoms with E-state index in [0.29, 0.717) is 6.04 Å². The SMILES string of the molecule is Fc1[c]ccc(CN2CC(N3CCOCC3)C2)c1. The summed E-state index contributed by atoms with van der Waals surface area (Å²) in [7, 11) is 0. The summed E-state index contributed by atoms with van der Waals surface area (Å²) >= 11 is 0. The first-order valence-corrected chi connectivity index (χ1v) is 6.51. The normalized spacial score (nSPS) is 22.9. The molecule has 0 amide bonds. The van der Waals surface area contributed by atoms with Crippen molar-refractivity contribution in [1.29, 1.82) is 0 Å². The van der Waals surface area contributed by atoms with E-state index in [1.165, 1.54) is 0 Å². The molecule has 2 heterocycles. The van der Waals surface area contributed by atoms with Crippen LogP contribution in [0.25, 0.3) is 0 Å². The summed E-state index contributed by atoms with van der Waals surface area (Å²) in [5, 5.41) is 0. The van der Waals surface area contributed by atoms with Crippen molar-refractivity contribution in [3.63, 3.8) is 0 Å². The smallest absolute Gasteiger partial charge is 0.131 e. The van der Waals surface area contributed by atoms with Crippen LogP contribution >= 0.6 is 0 Å². The van der Waals surface area contributed by atoms with Gasteiger partial charge in [0.2, 0.25) is 0 Å². The number of morpholine rings is 1. The first kappa shape index (κ1) is 12.1. The van der Waals surface area contributed by atoms with Gasteiger partial charge in [-0.3, -0.25) is 9.80 Å². The average molecular weight is 249 g/mol. The lowest BCUT2D eigenvalue weighted by molar-refractivity contribution is -0.0344. The minimum Gasteiger partial charge on any atom is -0.379 e. The van der Waals surface area contributed by atoms with E-state index in [0.717, 1.165) is 51.5 Å². The molecular weight excluding hydrogens is 231 g/mol. The third kappa shape index (κ3) is 2.71. The van der Waals surface area contributed by atoms with Crippen LogP contribution in [0.3, 0.4) is 0 Å². The van der Waals surface area contributed by atoms with E-state index < -0.39 is 0 Å². The summed E-state index contributed by atoms with van der Waals surface area (Å²) in [4.78, 5) is 4.86. The molecule has 2 aliphatic heterocycles. The van der Waals surface area contributed by atoms with E-state index in [-0.39, 0.29) is 5.82 Å². The van der Waals surface area contributed by atoms with E-state index in [1.807, 2.05) is 6.07 Å². The Hall–Kier alpha value is -0.970. The molecule has 0 saturated carbocycles. The van der Waals surface area contributed by atoms with Gasteiger partial charge >= 0.3 is 0 Å². The van der Waals surface area contributed by atoms with Gasteiger partial charge in [0.1, 0.15) is 5.82 Å². The Bertz CT molecular complexity index is 401. The molecule has 0 spiro atoms. The van der Waals surface area contributed by atoms with Gasteiger partial charge in [-0.15, -0.1) is 0 Å². The van der Waals surface area contributed by atoms with Crippen molar-refractivity contribution >= 4 is 0 Å². The van der Waals surface area contributed by atoms with E-state index in [9.17, 15) is 4.39 Å². The van der Waals surface area contributed by atoms with Crippen LogP contribution in [-0.4, -0.2) is 55.2 Å². The molecule has 2 fully saturated rings. The van der Waals surface area contributed by atoms with Gasteiger partial charge in [0, 0.05) is 44.8 Å². The van der Waals surface area contributed by atoms with Gasteiger partial charge in [-0.1, -0.05) is 12.1 Å². The summed E-state index contributed by atoms with van der Waals surface area (Å²) in [6.07, 6.45) is 0. The fraction of sp³-hybridized carbons (Fsp3) is 0.571. The lowest BCUT2D eigenvalue weighted by atomic mass is 10.0. The Morgan fingerprint density at radius 1 is 1.33 bits per heavy atom. The number of ether oxygens (including phenoxy) is 1.